The molecule has 2 rings (SSSR count). The summed E-state index contributed by atoms with van der Waals surface area (Å²) < 4.78 is 33.6. The van der Waals surface area contributed by atoms with Gasteiger partial charge in [0.25, 0.3) is 0 Å². The number of carbonyl (C=O) groups excluding carboxylic acids is 2. The van der Waals surface area contributed by atoms with Crippen molar-refractivity contribution in [3.63, 3.8) is 0 Å². The van der Waals surface area contributed by atoms with Crippen molar-refractivity contribution < 1.29 is 73.8 Å². The Morgan fingerprint density at radius 3 is 1.40 bits per heavy atom. The Morgan fingerprint density at radius 2 is 0.896 bits per heavy atom. The SMILES string of the molecule is CCCCC/C=C/C/C=C/CCCCCCCCCCCC(=O)O[C@H](COC(=O)CCCCCCC/C=C/CCCCC)CO[C@H]1O[C@@H](CO[C@H]2O[C@@H](CO)[C@@H](O)C(O)C2O)[C@@H](O)C(O)C1O. The van der Waals surface area contributed by atoms with E-state index in [9.17, 15) is 45.3 Å². The first-order chi connectivity index (χ1) is 32.5. The third-order valence-electron chi connectivity index (χ3n) is 12.3. The molecule has 15 nitrogen and oxygen atoms in total. The lowest BCUT2D eigenvalue weighted by atomic mass is 9.98. The summed E-state index contributed by atoms with van der Waals surface area (Å²) in [6.07, 6.45) is 24.6. The number of hydrogen-bond donors (Lipinski definition) is 7. The number of ether oxygens (including phenoxy) is 6. The Kier molecular flexibility index (Phi) is 35.8. The van der Waals surface area contributed by atoms with Gasteiger partial charge in [-0.2, -0.15) is 0 Å². The molecule has 2 aliphatic heterocycles. The van der Waals surface area contributed by atoms with Gasteiger partial charge in [-0.3, -0.25) is 9.59 Å². The maximum Gasteiger partial charge on any atom is 0.306 e. The van der Waals surface area contributed by atoms with Crippen molar-refractivity contribution in [1.29, 1.82) is 0 Å². The van der Waals surface area contributed by atoms with Crippen LogP contribution in [0.25, 0.3) is 0 Å². The molecular formula is C52H92O15. The van der Waals surface area contributed by atoms with Crippen molar-refractivity contribution >= 4 is 11.9 Å². The molecule has 0 bridgehead atoms. The maximum atomic E-state index is 13.0. The summed E-state index contributed by atoms with van der Waals surface area (Å²) in [7, 11) is 0. The van der Waals surface area contributed by atoms with Crippen LogP contribution in [0.5, 0.6) is 0 Å². The number of carbonyl (C=O) groups is 2. The van der Waals surface area contributed by atoms with E-state index in [0.29, 0.717) is 12.8 Å². The number of aliphatic hydroxyl groups is 7. The van der Waals surface area contributed by atoms with Crippen molar-refractivity contribution in [2.45, 2.75) is 255 Å². The molecule has 390 valence electrons. The zero-order valence-electron chi connectivity index (χ0n) is 41.1. The first kappa shape index (κ1) is 60.8. The molecule has 0 saturated carbocycles. The lowest BCUT2D eigenvalue weighted by molar-refractivity contribution is -0.332. The Balaban J connectivity index is 1.80. The molecule has 15 heteroatoms. The topological polar surface area (TPSA) is 231 Å². The van der Waals surface area contributed by atoms with E-state index in [2.05, 4.69) is 50.3 Å². The number of allylic oxidation sites excluding steroid dienone is 6. The molecule has 7 N–H and O–H groups in total. The number of rotatable bonds is 40. The average molecular weight is 957 g/mol. The van der Waals surface area contributed by atoms with Crippen LogP contribution < -0.4 is 0 Å². The highest BCUT2D eigenvalue weighted by atomic mass is 16.7. The van der Waals surface area contributed by atoms with Crippen LogP contribution in [-0.2, 0) is 38.0 Å². The van der Waals surface area contributed by atoms with E-state index >= 15 is 0 Å². The van der Waals surface area contributed by atoms with Crippen molar-refractivity contribution in [1.82, 2.24) is 0 Å². The molecule has 0 aromatic rings. The van der Waals surface area contributed by atoms with Gasteiger partial charge in [-0.05, 0) is 70.6 Å². The van der Waals surface area contributed by atoms with Gasteiger partial charge in [0.1, 0.15) is 55.4 Å². The van der Waals surface area contributed by atoms with E-state index in [1.165, 1.54) is 70.6 Å². The molecule has 2 saturated heterocycles. The summed E-state index contributed by atoms with van der Waals surface area (Å²) in [6, 6.07) is 0. The lowest BCUT2D eigenvalue weighted by Crippen LogP contribution is -2.61. The Labute approximate surface area is 402 Å². The Morgan fingerprint density at radius 1 is 0.478 bits per heavy atom. The molecular weight excluding hydrogens is 865 g/mol. The molecule has 0 spiro atoms. The summed E-state index contributed by atoms with van der Waals surface area (Å²) in [4.78, 5) is 25.7. The molecule has 4 unspecified atom stereocenters. The minimum Gasteiger partial charge on any atom is -0.462 e. The van der Waals surface area contributed by atoms with Crippen LogP contribution in [0.1, 0.15) is 187 Å². The molecule has 2 heterocycles. The third kappa shape index (κ3) is 27.6. The average Bonchev–Trinajstić information content (AvgIpc) is 3.32. The number of esters is 2. The minimum absolute atomic E-state index is 0.159. The van der Waals surface area contributed by atoms with Gasteiger partial charge in [-0.25, -0.2) is 0 Å². The second kappa shape index (κ2) is 39.4. The summed E-state index contributed by atoms with van der Waals surface area (Å²) in [5, 5.41) is 72.1. The molecule has 0 aromatic heterocycles. The predicted molar refractivity (Wildman–Crippen MR) is 257 cm³/mol. The van der Waals surface area contributed by atoms with E-state index in [1.54, 1.807) is 0 Å². The van der Waals surface area contributed by atoms with Gasteiger partial charge >= 0.3 is 11.9 Å². The van der Waals surface area contributed by atoms with Gasteiger partial charge < -0.3 is 64.2 Å². The van der Waals surface area contributed by atoms with E-state index in [1.807, 2.05) is 0 Å². The lowest BCUT2D eigenvalue weighted by Gasteiger charge is -2.42. The van der Waals surface area contributed by atoms with Crippen LogP contribution in [-0.4, -0.2) is 142 Å². The van der Waals surface area contributed by atoms with Gasteiger partial charge in [-0.1, -0.05) is 140 Å². The first-order valence-electron chi connectivity index (χ1n) is 26.1. The normalized spacial score (nSPS) is 26.2. The molecule has 2 aliphatic rings. The predicted octanol–water partition coefficient (Wildman–Crippen LogP) is 7.32. The quantitative estimate of drug-likeness (QED) is 0.0181. The molecule has 2 fully saturated rings. The van der Waals surface area contributed by atoms with Crippen LogP contribution in [0.3, 0.4) is 0 Å². The molecule has 0 amide bonds. The fraction of sp³-hybridized carbons (Fsp3) is 0.846. The summed E-state index contributed by atoms with van der Waals surface area (Å²) >= 11 is 0. The van der Waals surface area contributed by atoms with Gasteiger partial charge in [0.2, 0.25) is 0 Å². The molecule has 0 aromatic carbocycles. The standard InChI is InChI=1S/C52H92O15/c1-3-5-7-9-11-13-15-17-18-19-20-21-22-23-25-27-29-31-33-35-44(55)65-40(37-62-43(54)34-32-30-28-26-24-16-14-12-10-8-6-4-2)38-63-51-50(61)48(59)46(57)42(67-51)39-64-52-49(60)47(58)45(56)41(36-53)66-52/h11-14,17-18,40-42,45-53,56-61H,3-10,15-16,19-39H2,1-2H3/b13-11+,14-12+,18-17+/t40-,41+,42+,45-,46-,47?,48?,49?,50?,51+,52+/m1/s1. The minimum atomic E-state index is -1.77. The van der Waals surface area contributed by atoms with E-state index in [4.69, 9.17) is 28.4 Å². The number of unbranched alkanes of at least 4 members (excludes halogenated alkanes) is 20. The van der Waals surface area contributed by atoms with Crippen molar-refractivity contribution in [2.75, 3.05) is 26.4 Å². The van der Waals surface area contributed by atoms with Crippen LogP contribution in [0.15, 0.2) is 36.5 Å². The van der Waals surface area contributed by atoms with E-state index in [-0.39, 0.29) is 26.1 Å². The van der Waals surface area contributed by atoms with Crippen LogP contribution in [0, 0.1) is 0 Å². The molecule has 11 atom stereocenters. The van der Waals surface area contributed by atoms with Crippen molar-refractivity contribution in [3.8, 4) is 0 Å². The number of hydrogen-bond acceptors (Lipinski definition) is 15. The monoisotopic (exact) mass is 957 g/mol. The van der Waals surface area contributed by atoms with Crippen molar-refractivity contribution in [3.05, 3.63) is 36.5 Å². The largest absolute Gasteiger partial charge is 0.462 e. The summed E-state index contributed by atoms with van der Waals surface area (Å²) in [5.74, 6) is -0.939. The van der Waals surface area contributed by atoms with Gasteiger partial charge in [0, 0.05) is 12.8 Å². The van der Waals surface area contributed by atoms with Crippen LogP contribution in [0.4, 0.5) is 0 Å². The maximum absolute atomic E-state index is 13.0. The summed E-state index contributed by atoms with van der Waals surface area (Å²) in [5.41, 5.74) is 0. The second-order valence-corrected chi connectivity index (χ2v) is 18.3. The highest BCUT2D eigenvalue weighted by molar-refractivity contribution is 5.70. The number of aliphatic hydroxyl groups excluding tert-OH is 7. The van der Waals surface area contributed by atoms with Gasteiger partial charge in [0.05, 0.1) is 19.8 Å². The highest BCUT2D eigenvalue weighted by Gasteiger charge is 2.47. The van der Waals surface area contributed by atoms with Crippen molar-refractivity contribution in [2.24, 2.45) is 0 Å². The molecule has 0 aliphatic carbocycles. The van der Waals surface area contributed by atoms with Gasteiger partial charge in [-0.15, -0.1) is 0 Å². The smallest absolute Gasteiger partial charge is 0.306 e. The molecule has 67 heavy (non-hydrogen) atoms. The van der Waals surface area contributed by atoms with Crippen LogP contribution in [0.2, 0.25) is 0 Å². The van der Waals surface area contributed by atoms with Gasteiger partial charge in [0.15, 0.2) is 18.7 Å². The zero-order valence-corrected chi connectivity index (χ0v) is 41.1. The zero-order chi connectivity index (χ0) is 48.9. The fourth-order valence-corrected chi connectivity index (χ4v) is 8.01. The highest BCUT2D eigenvalue weighted by Crippen LogP contribution is 2.26. The van der Waals surface area contributed by atoms with E-state index < -0.39 is 92.7 Å². The Hall–Kier alpha value is -2.28. The second-order valence-electron chi connectivity index (χ2n) is 18.3. The van der Waals surface area contributed by atoms with E-state index in [0.717, 1.165) is 77.0 Å². The summed E-state index contributed by atoms with van der Waals surface area (Å²) in [6.45, 7) is 2.53. The first-order valence-corrected chi connectivity index (χ1v) is 26.1. The third-order valence-corrected chi connectivity index (χ3v) is 12.3. The molecule has 0 radical (unpaired) electrons. The van der Waals surface area contributed by atoms with Crippen LogP contribution >= 0.6 is 0 Å². The Bertz CT molecular complexity index is 1310. The fourth-order valence-electron chi connectivity index (χ4n) is 8.01.